The number of aryl methyl sites for hydroxylation is 1. The number of fused-ring (bicyclic) bond motifs is 1. The number of rotatable bonds is 2. The Morgan fingerprint density at radius 1 is 1.05 bits per heavy atom. The van der Waals surface area contributed by atoms with Gasteiger partial charge < -0.3 is 4.57 Å². The van der Waals surface area contributed by atoms with Gasteiger partial charge in [0.15, 0.2) is 0 Å². The Kier molecular flexibility index (Phi) is 3.61. The first-order valence-corrected chi connectivity index (χ1v) is 7.56. The molecule has 0 unspecified atom stereocenters. The summed E-state index contributed by atoms with van der Waals surface area (Å²) >= 11 is 2.23. The van der Waals surface area contributed by atoms with E-state index in [9.17, 15) is 4.79 Å². The summed E-state index contributed by atoms with van der Waals surface area (Å²) in [4.78, 5) is 12.3. The van der Waals surface area contributed by atoms with Gasteiger partial charge in [-0.25, -0.2) is 0 Å². The maximum absolute atomic E-state index is 12.3. The van der Waals surface area contributed by atoms with Crippen molar-refractivity contribution in [2.45, 2.75) is 13.5 Å². The van der Waals surface area contributed by atoms with Crippen LogP contribution >= 0.6 is 22.6 Å². The van der Waals surface area contributed by atoms with Crippen molar-refractivity contribution in [3.8, 4) is 0 Å². The maximum atomic E-state index is 12.3. The van der Waals surface area contributed by atoms with Gasteiger partial charge in [-0.3, -0.25) is 4.79 Å². The lowest BCUT2D eigenvalue weighted by Crippen LogP contribution is -2.21. The van der Waals surface area contributed by atoms with Crippen LogP contribution in [0.4, 0.5) is 0 Å². The van der Waals surface area contributed by atoms with E-state index in [4.69, 9.17) is 0 Å². The molecule has 2 aromatic carbocycles. The molecule has 0 saturated heterocycles. The van der Waals surface area contributed by atoms with E-state index in [1.54, 1.807) is 6.07 Å². The highest BCUT2D eigenvalue weighted by molar-refractivity contribution is 14.1. The van der Waals surface area contributed by atoms with Crippen LogP contribution in [0.15, 0.2) is 59.4 Å². The van der Waals surface area contributed by atoms with Gasteiger partial charge in [0.25, 0.3) is 5.56 Å². The Bertz CT molecular complexity index is 822. The maximum Gasteiger partial charge on any atom is 0.252 e. The minimum Gasteiger partial charge on any atom is -0.304 e. The molecule has 2 nitrogen and oxygen atoms in total. The molecule has 1 heterocycles. The Labute approximate surface area is 131 Å². The van der Waals surface area contributed by atoms with Crippen molar-refractivity contribution in [2.75, 3.05) is 0 Å². The van der Waals surface area contributed by atoms with Crippen LogP contribution in [0.5, 0.6) is 0 Å². The molecule has 0 aliphatic heterocycles. The van der Waals surface area contributed by atoms with Gasteiger partial charge in [0.05, 0.1) is 12.1 Å². The van der Waals surface area contributed by atoms with Crippen LogP contribution in [-0.4, -0.2) is 4.57 Å². The Hall–Kier alpha value is -1.62. The van der Waals surface area contributed by atoms with E-state index in [0.717, 1.165) is 20.0 Å². The van der Waals surface area contributed by atoms with Gasteiger partial charge in [0.2, 0.25) is 0 Å². The average Bonchev–Trinajstić information content (AvgIpc) is 2.44. The second-order valence-corrected chi connectivity index (χ2v) is 6.09. The van der Waals surface area contributed by atoms with Gasteiger partial charge in [-0.15, -0.1) is 0 Å². The first kappa shape index (κ1) is 13.4. The number of benzene rings is 2. The third kappa shape index (κ3) is 2.50. The van der Waals surface area contributed by atoms with Crippen molar-refractivity contribution in [3.63, 3.8) is 0 Å². The molecule has 3 aromatic rings. The fraction of sp³-hybridized carbons (Fsp3) is 0.118. The second kappa shape index (κ2) is 5.40. The van der Waals surface area contributed by atoms with Gasteiger partial charge in [-0.05, 0) is 46.7 Å². The molecular formula is C17H14INO. The standard InChI is InChI=1S/C17H14INO/c1-12-7-8-14-15(18)10-17(20)19(16(14)9-12)11-13-5-3-2-4-6-13/h2-10H,11H2,1H3. The SMILES string of the molecule is Cc1ccc2c(I)cc(=O)n(Cc3ccccc3)c2c1. The summed E-state index contributed by atoms with van der Waals surface area (Å²) in [6.07, 6.45) is 0. The van der Waals surface area contributed by atoms with E-state index in [2.05, 4.69) is 47.7 Å². The molecule has 0 fully saturated rings. The molecule has 3 heteroatoms. The van der Waals surface area contributed by atoms with Crippen LogP contribution in [0.1, 0.15) is 11.1 Å². The summed E-state index contributed by atoms with van der Waals surface area (Å²) in [5, 5.41) is 1.13. The van der Waals surface area contributed by atoms with E-state index in [0.29, 0.717) is 6.54 Å². The highest BCUT2D eigenvalue weighted by atomic mass is 127. The van der Waals surface area contributed by atoms with E-state index in [1.165, 1.54) is 5.56 Å². The lowest BCUT2D eigenvalue weighted by Gasteiger charge is -2.12. The molecular weight excluding hydrogens is 361 g/mol. The van der Waals surface area contributed by atoms with Crippen molar-refractivity contribution in [2.24, 2.45) is 0 Å². The van der Waals surface area contributed by atoms with Crippen LogP contribution in [-0.2, 0) is 6.54 Å². The Balaban J connectivity index is 2.24. The predicted molar refractivity (Wildman–Crippen MR) is 91.2 cm³/mol. The molecule has 1 aromatic heterocycles. The van der Waals surface area contributed by atoms with Crippen molar-refractivity contribution in [1.82, 2.24) is 4.57 Å². The molecule has 3 rings (SSSR count). The lowest BCUT2D eigenvalue weighted by molar-refractivity contribution is 0.793. The Morgan fingerprint density at radius 2 is 1.80 bits per heavy atom. The zero-order valence-electron chi connectivity index (χ0n) is 11.1. The normalized spacial score (nSPS) is 10.9. The number of nitrogens with zero attached hydrogens (tertiary/aromatic N) is 1. The summed E-state index contributed by atoms with van der Waals surface area (Å²) in [5.74, 6) is 0. The summed E-state index contributed by atoms with van der Waals surface area (Å²) in [7, 11) is 0. The quantitative estimate of drug-likeness (QED) is 0.622. The highest BCUT2D eigenvalue weighted by Crippen LogP contribution is 2.20. The smallest absolute Gasteiger partial charge is 0.252 e. The molecule has 100 valence electrons. The van der Waals surface area contributed by atoms with Crippen LogP contribution in [0, 0.1) is 10.5 Å². The number of aromatic nitrogens is 1. The Morgan fingerprint density at radius 3 is 2.55 bits per heavy atom. The van der Waals surface area contributed by atoms with Gasteiger partial charge >= 0.3 is 0 Å². The van der Waals surface area contributed by atoms with Gasteiger partial charge in [0, 0.05) is 15.0 Å². The second-order valence-electron chi connectivity index (χ2n) is 4.92. The van der Waals surface area contributed by atoms with Crippen LogP contribution in [0.25, 0.3) is 10.9 Å². The topological polar surface area (TPSA) is 22.0 Å². The lowest BCUT2D eigenvalue weighted by atomic mass is 10.1. The van der Waals surface area contributed by atoms with Crippen LogP contribution < -0.4 is 5.56 Å². The summed E-state index contributed by atoms with van der Waals surface area (Å²) in [6, 6.07) is 18.1. The third-order valence-corrected chi connectivity index (χ3v) is 4.29. The molecule has 0 radical (unpaired) electrons. The molecule has 0 aliphatic carbocycles. The van der Waals surface area contributed by atoms with Crippen molar-refractivity contribution in [1.29, 1.82) is 0 Å². The van der Waals surface area contributed by atoms with Crippen molar-refractivity contribution >= 4 is 33.5 Å². The number of halogens is 1. The minimum atomic E-state index is 0.0522. The van der Waals surface area contributed by atoms with E-state index >= 15 is 0 Å². The van der Waals surface area contributed by atoms with Crippen LogP contribution in [0.2, 0.25) is 0 Å². The zero-order chi connectivity index (χ0) is 14.1. The van der Waals surface area contributed by atoms with Crippen molar-refractivity contribution in [3.05, 3.63) is 79.6 Å². The monoisotopic (exact) mass is 375 g/mol. The number of pyridine rings is 1. The van der Waals surface area contributed by atoms with Crippen molar-refractivity contribution < 1.29 is 0 Å². The molecule has 0 spiro atoms. The first-order valence-electron chi connectivity index (χ1n) is 6.49. The molecule has 0 atom stereocenters. The van der Waals surface area contributed by atoms with E-state index in [1.807, 2.05) is 34.9 Å². The molecule has 0 amide bonds. The van der Waals surface area contributed by atoms with Gasteiger partial charge in [-0.2, -0.15) is 0 Å². The summed E-state index contributed by atoms with van der Waals surface area (Å²) in [5.41, 5.74) is 3.36. The largest absolute Gasteiger partial charge is 0.304 e. The molecule has 0 bridgehead atoms. The molecule has 0 N–H and O–H groups in total. The molecule has 20 heavy (non-hydrogen) atoms. The fourth-order valence-electron chi connectivity index (χ4n) is 2.38. The highest BCUT2D eigenvalue weighted by Gasteiger charge is 2.08. The number of hydrogen-bond donors (Lipinski definition) is 0. The van der Waals surface area contributed by atoms with Crippen LogP contribution in [0.3, 0.4) is 0 Å². The van der Waals surface area contributed by atoms with Gasteiger partial charge in [-0.1, -0.05) is 42.5 Å². The average molecular weight is 375 g/mol. The molecule has 0 aliphatic rings. The minimum absolute atomic E-state index is 0.0522. The summed E-state index contributed by atoms with van der Waals surface area (Å²) < 4.78 is 2.85. The predicted octanol–water partition coefficient (Wildman–Crippen LogP) is 3.96. The summed E-state index contributed by atoms with van der Waals surface area (Å²) in [6.45, 7) is 2.66. The zero-order valence-corrected chi connectivity index (χ0v) is 13.3. The third-order valence-electron chi connectivity index (χ3n) is 3.40. The number of hydrogen-bond acceptors (Lipinski definition) is 1. The van der Waals surface area contributed by atoms with E-state index in [-0.39, 0.29) is 5.56 Å². The fourth-order valence-corrected chi connectivity index (χ4v) is 3.10. The first-order chi connectivity index (χ1) is 9.65. The van der Waals surface area contributed by atoms with E-state index < -0.39 is 0 Å². The molecule has 0 saturated carbocycles. The van der Waals surface area contributed by atoms with Gasteiger partial charge in [0.1, 0.15) is 0 Å².